The van der Waals surface area contributed by atoms with Crippen LogP contribution in [0.4, 0.5) is 5.69 Å². The van der Waals surface area contributed by atoms with Crippen LogP contribution in [0.25, 0.3) is 22.7 Å². The van der Waals surface area contributed by atoms with Gasteiger partial charge in [-0.3, -0.25) is 14.9 Å². The summed E-state index contributed by atoms with van der Waals surface area (Å²) in [5.74, 6) is 0.702. The van der Waals surface area contributed by atoms with Crippen LogP contribution in [0, 0.1) is 16.0 Å². The Bertz CT molecular complexity index is 1020. The number of aromatic nitrogens is 1. The monoisotopic (exact) mass is 391 g/mol. The fourth-order valence-corrected chi connectivity index (χ4v) is 3.95. The lowest BCUT2D eigenvalue weighted by Crippen LogP contribution is -2.27. The minimum absolute atomic E-state index is 0.0425. The van der Waals surface area contributed by atoms with E-state index in [0.717, 1.165) is 48.2 Å². The smallest absolute Gasteiger partial charge is 0.269 e. The molecular formula is C22H21N3O4. The Morgan fingerprint density at radius 1 is 1.07 bits per heavy atom. The average molecular weight is 391 g/mol. The van der Waals surface area contributed by atoms with Crippen LogP contribution in [-0.2, 0) is 4.79 Å². The molecule has 2 N–H and O–H groups in total. The highest BCUT2D eigenvalue weighted by Crippen LogP contribution is 2.38. The number of amides is 1. The van der Waals surface area contributed by atoms with Crippen LogP contribution in [0.3, 0.4) is 0 Å². The van der Waals surface area contributed by atoms with E-state index in [1.54, 1.807) is 18.4 Å². The number of pyridine rings is 1. The number of nitro benzene ring substituents is 1. The van der Waals surface area contributed by atoms with Crippen molar-refractivity contribution in [3.8, 4) is 22.7 Å². The molecule has 4 rings (SSSR count). The second kappa shape index (κ2) is 7.87. The van der Waals surface area contributed by atoms with E-state index in [2.05, 4.69) is 0 Å². The number of non-ortho nitro benzene ring substituents is 1. The van der Waals surface area contributed by atoms with Crippen molar-refractivity contribution in [2.45, 2.75) is 31.6 Å². The van der Waals surface area contributed by atoms with Crippen molar-refractivity contribution in [3.05, 3.63) is 70.5 Å². The fraction of sp³-hybridized carbons (Fsp3) is 0.273. The maximum absolute atomic E-state index is 11.5. The van der Waals surface area contributed by atoms with Crippen molar-refractivity contribution >= 4 is 11.6 Å². The Morgan fingerprint density at radius 3 is 2.34 bits per heavy atom. The first-order valence-electron chi connectivity index (χ1n) is 9.61. The van der Waals surface area contributed by atoms with Crippen molar-refractivity contribution in [2.24, 2.45) is 11.7 Å². The Hall–Kier alpha value is -3.48. The molecule has 0 bridgehead atoms. The molecule has 148 valence electrons. The van der Waals surface area contributed by atoms with Crippen LogP contribution in [-0.4, -0.2) is 15.8 Å². The van der Waals surface area contributed by atoms with Crippen molar-refractivity contribution < 1.29 is 14.1 Å². The van der Waals surface area contributed by atoms with E-state index >= 15 is 0 Å². The maximum Gasteiger partial charge on any atom is 0.269 e. The Labute approximate surface area is 167 Å². The van der Waals surface area contributed by atoms with Crippen molar-refractivity contribution in [3.63, 3.8) is 0 Å². The largest absolute Gasteiger partial charge is 0.463 e. The van der Waals surface area contributed by atoms with Crippen molar-refractivity contribution in [1.82, 2.24) is 4.98 Å². The molecule has 0 unspecified atom stereocenters. The number of carbonyl (C=O) groups is 1. The van der Waals surface area contributed by atoms with Gasteiger partial charge in [0.05, 0.1) is 16.9 Å². The minimum atomic E-state index is -0.418. The number of rotatable bonds is 5. The summed E-state index contributed by atoms with van der Waals surface area (Å²) in [6, 6.07) is 14.1. The summed E-state index contributed by atoms with van der Waals surface area (Å²) < 4.78 is 5.54. The molecule has 2 aromatic heterocycles. The molecule has 0 saturated heterocycles. The summed E-state index contributed by atoms with van der Waals surface area (Å²) in [7, 11) is 0. The van der Waals surface area contributed by atoms with Crippen LogP contribution in [0.2, 0.25) is 0 Å². The molecule has 0 aliphatic heterocycles. The second-order valence-corrected chi connectivity index (χ2v) is 7.40. The number of furan rings is 1. The molecule has 1 amide bonds. The predicted octanol–water partition coefficient (Wildman–Crippen LogP) is 4.68. The van der Waals surface area contributed by atoms with Gasteiger partial charge in [-0.2, -0.15) is 0 Å². The topological polar surface area (TPSA) is 112 Å². The van der Waals surface area contributed by atoms with E-state index in [4.69, 9.17) is 15.1 Å². The summed E-state index contributed by atoms with van der Waals surface area (Å²) in [4.78, 5) is 26.7. The molecule has 29 heavy (non-hydrogen) atoms. The van der Waals surface area contributed by atoms with Gasteiger partial charge in [-0.25, -0.2) is 4.98 Å². The average Bonchev–Trinajstić information content (AvgIpc) is 3.28. The maximum atomic E-state index is 11.5. The molecule has 0 spiro atoms. The highest BCUT2D eigenvalue weighted by molar-refractivity contribution is 5.76. The normalized spacial score (nSPS) is 19.0. The lowest BCUT2D eigenvalue weighted by Gasteiger charge is -2.27. The van der Waals surface area contributed by atoms with Gasteiger partial charge in [0.25, 0.3) is 5.69 Å². The minimum Gasteiger partial charge on any atom is -0.463 e. The van der Waals surface area contributed by atoms with Crippen LogP contribution in [0.15, 0.2) is 59.2 Å². The number of nitrogens with zero attached hydrogens (tertiary/aromatic N) is 2. The number of carbonyl (C=O) groups excluding carboxylic acids is 1. The number of nitro groups is 1. The van der Waals surface area contributed by atoms with E-state index in [9.17, 15) is 14.9 Å². The van der Waals surface area contributed by atoms with Crippen molar-refractivity contribution in [2.75, 3.05) is 0 Å². The highest BCUT2D eigenvalue weighted by atomic mass is 16.6. The van der Waals surface area contributed by atoms with Crippen LogP contribution >= 0.6 is 0 Å². The Balaban J connectivity index is 1.70. The molecule has 1 saturated carbocycles. The van der Waals surface area contributed by atoms with Gasteiger partial charge in [-0.05, 0) is 73.6 Å². The second-order valence-electron chi connectivity index (χ2n) is 7.40. The SMILES string of the molecule is NC(=O)[C@H]1CC[C@H](c2cc(-c3ccc([N+](=O)[O-])cc3)nc(-c3ccco3)c2)CC1. The summed E-state index contributed by atoms with van der Waals surface area (Å²) in [5.41, 5.74) is 8.89. The van der Waals surface area contributed by atoms with Gasteiger partial charge in [-0.1, -0.05) is 0 Å². The lowest BCUT2D eigenvalue weighted by molar-refractivity contribution is -0.384. The van der Waals surface area contributed by atoms with E-state index in [1.165, 1.54) is 12.1 Å². The first-order valence-corrected chi connectivity index (χ1v) is 9.61. The zero-order valence-electron chi connectivity index (χ0n) is 15.8. The molecular weight excluding hydrogens is 370 g/mol. The molecule has 7 nitrogen and oxygen atoms in total. The summed E-state index contributed by atoms with van der Waals surface area (Å²) in [6.45, 7) is 0. The highest BCUT2D eigenvalue weighted by Gasteiger charge is 2.26. The molecule has 1 aliphatic rings. The van der Waals surface area contributed by atoms with Gasteiger partial charge in [-0.15, -0.1) is 0 Å². The van der Waals surface area contributed by atoms with Gasteiger partial charge in [0.2, 0.25) is 5.91 Å². The molecule has 3 aromatic rings. The number of hydrogen-bond acceptors (Lipinski definition) is 5. The summed E-state index contributed by atoms with van der Waals surface area (Å²) in [6.07, 6.45) is 4.94. The number of primary amides is 1. The zero-order chi connectivity index (χ0) is 20.4. The Morgan fingerprint density at radius 2 is 1.76 bits per heavy atom. The van der Waals surface area contributed by atoms with E-state index in [1.807, 2.05) is 24.3 Å². The quantitative estimate of drug-likeness (QED) is 0.501. The number of hydrogen-bond donors (Lipinski definition) is 1. The third-order valence-corrected chi connectivity index (χ3v) is 5.60. The fourth-order valence-electron chi connectivity index (χ4n) is 3.95. The van der Waals surface area contributed by atoms with Gasteiger partial charge in [0.15, 0.2) is 5.76 Å². The van der Waals surface area contributed by atoms with E-state index < -0.39 is 4.92 Å². The van der Waals surface area contributed by atoms with Gasteiger partial charge in [0, 0.05) is 23.6 Å². The molecule has 0 radical (unpaired) electrons. The van der Waals surface area contributed by atoms with Gasteiger partial charge < -0.3 is 10.2 Å². The number of nitrogens with two attached hydrogens (primary N) is 1. The van der Waals surface area contributed by atoms with Crippen LogP contribution in [0.1, 0.15) is 37.2 Å². The van der Waals surface area contributed by atoms with Gasteiger partial charge >= 0.3 is 0 Å². The zero-order valence-corrected chi connectivity index (χ0v) is 15.8. The van der Waals surface area contributed by atoms with Gasteiger partial charge in [0.1, 0.15) is 5.69 Å². The Kier molecular flexibility index (Phi) is 5.12. The van der Waals surface area contributed by atoms with Crippen LogP contribution in [0.5, 0.6) is 0 Å². The first-order chi connectivity index (χ1) is 14.0. The third kappa shape index (κ3) is 4.03. The molecule has 7 heteroatoms. The first kappa shape index (κ1) is 18.9. The van der Waals surface area contributed by atoms with E-state index in [-0.39, 0.29) is 17.5 Å². The summed E-state index contributed by atoms with van der Waals surface area (Å²) >= 11 is 0. The molecule has 1 aromatic carbocycles. The number of benzene rings is 1. The van der Waals surface area contributed by atoms with Crippen molar-refractivity contribution in [1.29, 1.82) is 0 Å². The molecule has 2 heterocycles. The summed E-state index contributed by atoms with van der Waals surface area (Å²) in [5, 5.41) is 10.9. The van der Waals surface area contributed by atoms with Crippen LogP contribution < -0.4 is 5.73 Å². The molecule has 1 aliphatic carbocycles. The molecule has 0 atom stereocenters. The lowest BCUT2D eigenvalue weighted by atomic mass is 9.78. The third-order valence-electron chi connectivity index (χ3n) is 5.60. The molecule has 1 fully saturated rings. The van der Waals surface area contributed by atoms with E-state index in [0.29, 0.717) is 11.7 Å². The predicted molar refractivity (Wildman–Crippen MR) is 108 cm³/mol. The standard InChI is InChI=1S/C22H21N3O4/c23-22(26)16-5-3-14(4-6-16)17-12-19(15-7-9-18(10-8-15)25(27)28)24-20(13-17)21-2-1-11-29-21/h1-2,7-14,16H,3-6H2,(H2,23,26)/t14-,16-.